The number of hydrogen-bond acceptors (Lipinski definition) is 7. The highest BCUT2D eigenvalue weighted by molar-refractivity contribution is 7.89. The summed E-state index contributed by atoms with van der Waals surface area (Å²) < 4.78 is 46.9. The number of anilines is 1. The minimum absolute atomic E-state index is 0.0267. The highest BCUT2D eigenvalue weighted by atomic mass is 32.2. The average molecular weight is 523 g/mol. The van der Waals surface area contributed by atoms with Crippen molar-refractivity contribution >= 4 is 27.5 Å². The zero-order chi connectivity index (χ0) is 26.3. The van der Waals surface area contributed by atoms with Gasteiger partial charge in [0.2, 0.25) is 15.9 Å². The number of carbonyl (C=O) groups is 2. The van der Waals surface area contributed by atoms with Crippen molar-refractivity contribution in [1.82, 2.24) is 14.9 Å². The van der Waals surface area contributed by atoms with E-state index in [9.17, 15) is 27.5 Å². The molecule has 0 aliphatic carbocycles. The SMILES string of the molecule is CC(C)(CN1CCOCC1)NS(=O)(=O)c1ccc(NC(=O)C(CO)NC(=O)c2ccc(F)cc2)cc1. The zero-order valence-corrected chi connectivity index (χ0v) is 21.0. The maximum Gasteiger partial charge on any atom is 0.251 e. The standard InChI is InChI=1S/C24H31FN4O6S/c1-24(2,16-29-11-13-35-14-12-29)28-36(33,34)20-9-7-19(8-10-20)26-23(32)21(15-30)27-22(31)17-3-5-18(25)6-4-17/h3-10,21,28,30H,11-16H2,1-2H3,(H,26,32)(H,27,31). The third-order valence-electron chi connectivity index (χ3n) is 5.48. The first-order valence-corrected chi connectivity index (χ1v) is 12.9. The van der Waals surface area contributed by atoms with Crippen molar-refractivity contribution in [2.24, 2.45) is 0 Å². The second-order valence-corrected chi connectivity index (χ2v) is 10.8. The summed E-state index contributed by atoms with van der Waals surface area (Å²) in [5.41, 5.74) is -0.317. The zero-order valence-electron chi connectivity index (χ0n) is 20.2. The Bertz CT molecular complexity index is 1150. The lowest BCUT2D eigenvalue weighted by Gasteiger charge is -2.35. The van der Waals surface area contributed by atoms with Gasteiger partial charge in [-0.1, -0.05) is 0 Å². The molecule has 2 aromatic carbocycles. The molecule has 196 valence electrons. The highest BCUT2D eigenvalue weighted by Gasteiger charge is 2.29. The van der Waals surface area contributed by atoms with Gasteiger partial charge in [0, 0.05) is 36.4 Å². The molecule has 36 heavy (non-hydrogen) atoms. The summed E-state index contributed by atoms with van der Waals surface area (Å²) in [5, 5.41) is 14.5. The maximum atomic E-state index is 13.0. The summed E-state index contributed by atoms with van der Waals surface area (Å²) in [6.45, 7) is 6.17. The van der Waals surface area contributed by atoms with Gasteiger partial charge >= 0.3 is 0 Å². The van der Waals surface area contributed by atoms with E-state index in [-0.39, 0.29) is 16.1 Å². The van der Waals surface area contributed by atoms with Gasteiger partial charge in [-0.2, -0.15) is 0 Å². The Hall–Kier alpha value is -2.90. The Kier molecular flexibility index (Phi) is 9.14. The number of sulfonamides is 1. The number of ether oxygens (including phenoxy) is 1. The molecule has 0 bridgehead atoms. The van der Waals surface area contributed by atoms with Gasteiger partial charge in [0.1, 0.15) is 11.9 Å². The summed E-state index contributed by atoms with van der Waals surface area (Å²) in [6, 6.07) is 9.00. The molecule has 1 atom stereocenters. The van der Waals surface area contributed by atoms with Crippen LogP contribution in [0.1, 0.15) is 24.2 Å². The average Bonchev–Trinajstić information content (AvgIpc) is 2.82. The summed E-state index contributed by atoms with van der Waals surface area (Å²) >= 11 is 0. The molecular formula is C24H31FN4O6S. The van der Waals surface area contributed by atoms with Crippen LogP contribution in [0.25, 0.3) is 0 Å². The van der Waals surface area contributed by atoms with E-state index < -0.39 is 45.8 Å². The molecule has 0 radical (unpaired) electrons. The van der Waals surface area contributed by atoms with Crippen molar-refractivity contribution in [2.45, 2.75) is 30.3 Å². The van der Waals surface area contributed by atoms with Crippen LogP contribution in [0.5, 0.6) is 0 Å². The molecule has 1 unspecified atom stereocenters. The minimum atomic E-state index is -3.83. The highest BCUT2D eigenvalue weighted by Crippen LogP contribution is 2.18. The number of nitrogens with one attached hydrogen (secondary N) is 3. The third kappa shape index (κ3) is 7.80. The van der Waals surface area contributed by atoms with Crippen LogP contribution in [0, 0.1) is 5.82 Å². The molecule has 10 nitrogen and oxygen atoms in total. The van der Waals surface area contributed by atoms with Crippen molar-refractivity contribution in [1.29, 1.82) is 0 Å². The molecule has 1 saturated heterocycles. The van der Waals surface area contributed by atoms with Crippen LogP contribution in [0.2, 0.25) is 0 Å². The fourth-order valence-electron chi connectivity index (χ4n) is 3.76. The largest absolute Gasteiger partial charge is 0.394 e. The Morgan fingerprint density at radius 2 is 1.69 bits per heavy atom. The van der Waals surface area contributed by atoms with Gasteiger partial charge < -0.3 is 20.5 Å². The van der Waals surface area contributed by atoms with E-state index in [1.807, 2.05) is 13.8 Å². The van der Waals surface area contributed by atoms with E-state index in [4.69, 9.17) is 4.74 Å². The van der Waals surface area contributed by atoms with Gasteiger partial charge in [0.15, 0.2) is 0 Å². The molecule has 0 saturated carbocycles. The molecule has 3 rings (SSSR count). The molecular weight excluding hydrogens is 491 g/mol. The summed E-state index contributed by atoms with van der Waals surface area (Å²) in [7, 11) is -3.83. The number of aliphatic hydroxyl groups excluding tert-OH is 1. The van der Waals surface area contributed by atoms with Crippen LogP contribution >= 0.6 is 0 Å². The summed E-state index contributed by atoms with van der Waals surface area (Å²) in [5.74, 6) is -1.87. The van der Waals surface area contributed by atoms with Crippen LogP contribution < -0.4 is 15.4 Å². The van der Waals surface area contributed by atoms with Crippen molar-refractivity contribution in [3.8, 4) is 0 Å². The molecule has 2 amide bonds. The number of hydrogen-bond donors (Lipinski definition) is 4. The first kappa shape index (κ1) is 27.7. The summed E-state index contributed by atoms with van der Waals surface area (Å²) in [6.07, 6.45) is 0. The second-order valence-electron chi connectivity index (χ2n) is 9.11. The Labute approximate surface area is 209 Å². The van der Waals surface area contributed by atoms with E-state index >= 15 is 0 Å². The molecule has 1 aliphatic heterocycles. The lowest BCUT2D eigenvalue weighted by Crippen LogP contribution is -2.53. The molecule has 2 aromatic rings. The molecule has 12 heteroatoms. The van der Waals surface area contributed by atoms with Gasteiger partial charge in [-0.15, -0.1) is 0 Å². The number of nitrogens with zero attached hydrogens (tertiary/aromatic N) is 1. The van der Waals surface area contributed by atoms with Crippen LogP contribution in [0.15, 0.2) is 53.4 Å². The number of aliphatic hydroxyl groups is 1. The topological polar surface area (TPSA) is 137 Å². The molecule has 4 N–H and O–H groups in total. The molecule has 1 fully saturated rings. The first-order valence-electron chi connectivity index (χ1n) is 11.4. The number of carbonyl (C=O) groups excluding carboxylic acids is 2. The van der Waals surface area contributed by atoms with E-state index in [1.165, 1.54) is 36.4 Å². The monoisotopic (exact) mass is 522 g/mol. The van der Waals surface area contributed by atoms with Crippen LogP contribution in [-0.4, -0.2) is 81.3 Å². The van der Waals surface area contributed by atoms with Crippen molar-refractivity contribution in [2.75, 3.05) is 44.8 Å². The van der Waals surface area contributed by atoms with Gasteiger partial charge in [0.05, 0.1) is 24.7 Å². The third-order valence-corrected chi connectivity index (χ3v) is 7.19. The smallest absolute Gasteiger partial charge is 0.251 e. The van der Waals surface area contributed by atoms with Crippen molar-refractivity contribution in [3.05, 3.63) is 59.9 Å². The lowest BCUT2D eigenvalue weighted by molar-refractivity contribution is -0.118. The maximum absolute atomic E-state index is 13.0. The first-order chi connectivity index (χ1) is 17.0. The second kappa shape index (κ2) is 11.9. The van der Waals surface area contributed by atoms with Crippen molar-refractivity contribution in [3.63, 3.8) is 0 Å². The van der Waals surface area contributed by atoms with Gasteiger partial charge in [-0.05, 0) is 62.4 Å². The number of morpholine rings is 1. The van der Waals surface area contributed by atoms with Crippen LogP contribution in [-0.2, 0) is 19.6 Å². The van der Waals surface area contributed by atoms with Crippen molar-refractivity contribution < 1.29 is 32.2 Å². The quantitative estimate of drug-likeness (QED) is 0.365. The summed E-state index contributed by atoms with van der Waals surface area (Å²) in [4.78, 5) is 27.0. The Morgan fingerprint density at radius 1 is 1.08 bits per heavy atom. The number of halogens is 1. The Balaban J connectivity index is 1.59. The number of benzene rings is 2. The fraction of sp³-hybridized carbons (Fsp3) is 0.417. The lowest BCUT2D eigenvalue weighted by atomic mass is 10.1. The fourth-order valence-corrected chi connectivity index (χ4v) is 5.16. The predicted molar refractivity (Wildman–Crippen MR) is 131 cm³/mol. The van der Waals surface area contributed by atoms with E-state index in [2.05, 4.69) is 20.3 Å². The number of amides is 2. The Morgan fingerprint density at radius 3 is 2.28 bits per heavy atom. The number of rotatable bonds is 10. The van der Waals surface area contributed by atoms with Gasteiger partial charge in [-0.3, -0.25) is 14.5 Å². The van der Waals surface area contributed by atoms with E-state index in [0.29, 0.717) is 19.8 Å². The van der Waals surface area contributed by atoms with Crippen LogP contribution in [0.3, 0.4) is 0 Å². The van der Waals surface area contributed by atoms with E-state index in [1.54, 1.807) is 0 Å². The van der Waals surface area contributed by atoms with Gasteiger partial charge in [0.25, 0.3) is 5.91 Å². The molecule has 0 aromatic heterocycles. The van der Waals surface area contributed by atoms with E-state index in [0.717, 1.165) is 25.2 Å². The minimum Gasteiger partial charge on any atom is -0.394 e. The normalized spacial score (nSPS) is 15.8. The van der Waals surface area contributed by atoms with Gasteiger partial charge in [-0.25, -0.2) is 17.5 Å². The molecule has 1 heterocycles. The molecule has 1 aliphatic rings. The van der Waals surface area contributed by atoms with Crippen LogP contribution in [0.4, 0.5) is 10.1 Å². The molecule has 0 spiro atoms. The predicted octanol–water partition coefficient (Wildman–Crippen LogP) is 0.944.